The SMILES string of the molecule is CC(C)(C)OC(=O)N1CCCC(n2cc3ccc(-c4ccc(C#N)cc4)cc3n2)C1. The Hall–Kier alpha value is -3.33. The summed E-state index contributed by atoms with van der Waals surface area (Å²) in [5, 5.41) is 14.9. The van der Waals surface area contributed by atoms with Gasteiger partial charge in [0.05, 0.1) is 23.2 Å². The Morgan fingerprint density at radius 2 is 1.90 bits per heavy atom. The standard InChI is InChI=1S/C24H26N4O2/c1-24(2,3)30-23(29)27-12-4-5-21(16-27)28-15-20-11-10-19(13-22(20)26-28)18-8-6-17(14-25)7-9-18/h6-11,13,15,21H,4-5,12,16H2,1-3H3. The Labute approximate surface area is 176 Å². The molecule has 6 nitrogen and oxygen atoms in total. The van der Waals surface area contributed by atoms with E-state index in [0.29, 0.717) is 12.1 Å². The van der Waals surface area contributed by atoms with Crippen molar-refractivity contribution in [3.63, 3.8) is 0 Å². The Balaban J connectivity index is 1.54. The van der Waals surface area contributed by atoms with Crippen LogP contribution in [0.25, 0.3) is 22.0 Å². The number of likely N-dealkylation sites (tertiary alicyclic amines) is 1. The summed E-state index contributed by atoms with van der Waals surface area (Å²) in [5.41, 5.74) is 3.20. The summed E-state index contributed by atoms with van der Waals surface area (Å²) in [5.74, 6) is 0. The average molecular weight is 402 g/mol. The van der Waals surface area contributed by atoms with Crippen LogP contribution in [0.1, 0.15) is 45.2 Å². The van der Waals surface area contributed by atoms with Gasteiger partial charge in [-0.3, -0.25) is 4.68 Å². The lowest BCUT2D eigenvalue weighted by Gasteiger charge is -2.34. The first-order valence-corrected chi connectivity index (χ1v) is 10.3. The normalized spacial score (nSPS) is 17.0. The van der Waals surface area contributed by atoms with E-state index in [0.717, 1.165) is 41.4 Å². The first-order chi connectivity index (χ1) is 14.3. The Bertz CT molecular complexity index is 1100. The van der Waals surface area contributed by atoms with Crippen molar-refractivity contribution in [1.82, 2.24) is 14.7 Å². The molecule has 0 saturated carbocycles. The molecule has 1 aromatic heterocycles. The molecule has 1 fully saturated rings. The van der Waals surface area contributed by atoms with Crippen molar-refractivity contribution in [3.05, 3.63) is 54.2 Å². The average Bonchev–Trinajstić information content (AvgIpc) is 3.16. The number of carbonyl (C=O) groups excluding carboxylic acids is 1. The maximum absolute atomic E-state index is 12.5. The summed E-state index contributed by atoms with van der Waals surface area (Å²) in [6.07, 6.45) is 3.71. The number of carbonyl (C=O) groups is 1. The lowest BCUT2D eigenvalue weighted by molar-refractivity contribution is 0.0168. The Morgan fingerprint density at radius 1 is 1.17 bits per heavy atom. The molecule has 2 heterocycles. The molecule has 1 atom stereocenters. The van der Waals surface area contributed by atoms with Crippen LogP contribution in [0.2, 0.25) is 0 Å². The van der Waals surface area contributed by atoms with Gasteiger partial charge in [-0.15, -0.1) is 0 Å². The second kappa shape index (κ2) is 7.83. The second-order valence-corrected chi connectivity index (χ2v) is 8.79. The number of benzene rings is 2. The molecule has 0 aliphatic carbocycles. The van der Waals surface area contributed by atoms with Crippen molar-refractivity contribution in [2.45, 2.75) is 45.3 Å². The molecule has 1 unspecified atom stereocenters. The molecule has 0 N–H and O–H groups in total. The van der Waals surface area contributed by atoms with Gasteiger partial charge < -0.3 is 9.64 Å². The third kappa shape index (κ3) is 4.30. The minimum Gasteiger partial charge on any atom is -0.444 e. The maximum atomic E-state index is 12.5. The van der Waals surface area contributed by atoms with Gasteiger partial charge in [-0.25, -0.2) is 4.79 Å². The fourth-order valence-electron chi connectivity index (χ4n) is 3.80. The molecule has 1 saturated heterocycles. The zero-order chi connectivity index (χ0) is 21.3. The van der Waals surface area contributed by atoms with E-state index in [1.807, 2.05) is 49.7 Å². The molecule has 1 aliphatic rings. The van der Waals surface area contributed by atoms with Crippen molar-refractivity contribution < 1.29 is 9.53 Å². The Kier molecular flexibility index (Phi) is 5.21. The van der Waals surface area contributed by atoms with Gasteiger partial charge in [-0.2, -0.15) is 10.4 Å². The Morgan fingerprint density at radius 3 is 2.60 bits per heavy atom. The van der Waals surface area contributed by atoms with Gasteiger partial charge in [-0.1, -0.05) is 24.3 Å². The lowest BCUT2D eigenvalue weighted by atomic mass is 10.0. The molecule has 30 heavy (non-hydrogen) atoms. The maximum Gasteiger partial charge on any atom is 0.410 e. The van der Waals surface area contributed by atoms with Gasteiger partial charge in [0, 0.05) is 24.7 Å². The van der Waals surface area contributed by atoms with E-state index in [2.05, 4.69) is 30.5 Å². The van der Waals surface area contributed by atoms with E-state index >= 15 is 0 Å². The molecule has 1 amide bonds. The molecule has 0 spiro atoms. The summed E-state index contributed by atoms with van der Waals surface area (Å²) < 4.78 is 7.53. The smallest absolute Gasteiger partial charge is 0.410 e. The monoisotopic (exact) mass is 402 g/mol. The highest BCUT2D eigenvalue weighted by molar-refractivity contribution is 5.84. The van der Waals surface area contributed by atoms with E-state index in [4.69, 9.17) is 15.1 Å². The molecule has 3 aromatic rings. The second-order valence-electron chi connectivity index (χ2n) is 8.79. The van der Waals surface area contributed by atoms with Crippen LogP contribution in [-0.4, -0.2) is 39.5 Å². The highest BCUT2D eigenvalue weighted by Gasteiger charge is 2.28. The van der Waals surface area contributed by atoms with Crippen LogP contribution in [0, 0.1) is 11.3 Å². The fourth-order valence-corrected chi connectivity index (χ4v) is 3.80. The summed E-state index contributed by atoms with van der Waals surface area (Å²) in [4.78, 5) is 14.2. The van der Waals surface area contributed by atoms with Crippen LogP contribution < -0.4 is 0 Å². The van der Waals surface area contributed by atoms with Gasteiger partial charge in [-0.05, 0) is 62.9 Å². The predicted octanol–water partition coefficient (Wildman–Crippen LogP) is 5.15. The number of rotatable bonds is 2. The van der Waals surface area contributed by atoms with E-state index in [1.54, 1.807) is 4.90 Å². The highest BCUT2D eigenvalue weighted by Crippen LogP contribution is 2.28. The van der Waals surface area contributed by atoms with Crippen molar-refractivity contribution in [2.24, 2.45) is 0 Å². The fraction of sp³-hybridized carbons (Fsp3) is 0.375. The lowest BCUT2D eigenvalue weighted by Crippen LogP contribution is -2.43. The predicted molar refractivity (Wildman–Crippen MR) is 116 cm³/mol. The number of hydrogen-bond donors (Lipinski definition) is 0. The topological polar surface area (TPSA) is 71.2 Å². The third-order valence-electron chi connectivity index (χ3n) is 5.29. The molecular formula is C24H26N4O2. The summed E-state index contributed by atoms with van der Waals surface area (Å²) in [6.45, 7) is 6.98. The molecule has 1 aliphatic heterocycles. The zero-order valence-corrected chi connectivity index (χ0v) is 17.6. The minimum atomic E-state index is -0.494. The summed E-state index contributed by atoms with van der Waals surface area (Å²) in [6, 6.07) is 16.1. The number of amides is 1. The number of nitrogens with zero attached hydrogens (tertiary/aromatic N) is 4. The number of nitriles is 1. The van der Waals surface area contributed by atoms with E-state index < -0.39 is 5.60 Å². The van der Waals surface area contributed by atoms with Crippen LogP contribution in [0.3, 0.4) is 0 Å². The number of aromatic nitrogens is 2. The molecular weight excluding hydrogens is 376 g/mol. The molecule has 0 bridgehead atoms. The molecule has 154 valence electrons. The third-order valence-corrected chi connectivity index (χ3v) is 5.29. The van der Waals surface area contributed by atoms with Gasteiger partial charge in [0.25, 0.3) is 0 Å². The molecule has 6 heteroatoms. The minimum absolute atomic E-state index is 0.136. The zero-order valence-electron chi connectivity index (χ0n) is 17.6. The van der Waals surface area contributed by atoms with Crippen molar-refractivity contribution in [3.8, 4) is 17.2 Å². The van der Waals surface area contributed by atoms with Gasteiger partial charge in [0.2, 0.25) is 0 Å². The van der Waals surface area contributed by atoms with Gasteiger partial charge >= 0.3 is 6.09 Å². The summed E-state index contributed by atoms with van der Waals surface area (Å²) in [7, 11) is 0. The summed E-state index contributed by atoms with van der Waals surface area (Å²) >= 11 is 0. The number of piperidine rings is 1. The quantitative estimate of drug-likeness (QED) is 0.594. The number of hydrogen-bond acceptors (Lipinski definition) is 4. The molecule has 4 rings (SSSR count). The van der Waals surface area contributed by atoms with E-state index in [-0.39, 0.29) is 12.1 Å². The van der Waals surface area contributed by atoms with Crippen LogP contribution in [-0.2, 0) is 4.74 Å². The van der Waals surface area contributed by atoms with Crippen molar-refractivity contribution >= 4 is 17.0 Å². The number of ether oxygens (including phenoxy) is 1. The van der Waals surface area contributed by atoms with Crippen LogP contribution in [0.5, 0.6) is 0 Å². The van der Waals surface area contributed by atoms with Gasteiger partial charge in [0.15, 0.2) is 0 Å². The molecule has 0 radical (unpaired) electrons. The van der Waals surface area contributed by atoms with Crippen molar-refractivity contribution in [1.29, 1.82) is 5.26 Å². The largest absolute Gasteiger partial charge is 0.444 e. The van der Waals surface area contributed by atoms with Crippen molar-refractivity contribution in [2.75, 3.05) is 13.1 Å². The van der Waals surface area contributed by atoms with Gasteiger partial charge in [0.1, 0.15) is 5.60 Å². The first-order valence-electron chi connectivity index (χ1n) is 10.3. The highest BCUT2D eigenvalue weighted by atomic mass is 16.6. The van der Waals surface area contributed by atoms with E-state index in [1.165, 1.54) is 0 Å². The first kappa shape index (κ1) is 20.0. The van der Waals surface area contributed by atoms with Crippen LogP contribution in [0.15, 0.2) is 48.7 Å². The van der Waals surface area contributed by atoms with Crippen LogP contribution >= 0.6 is 0 Å². The van der Waals surface area contributed by atoms with Crippen LogP contribution in [0.4, 0.5) is 4.79 Å². The van der Waals surface area contributed by atoms with E-state index in [9.17, 15) is 4.79 Å². The molecule has 2 aromatic carbocycles. The number of fused-ring (bicyclic) bond motifs is 1.